The van der Waals surface area contributed by atoms with Crippen LogP contribution in [0.4, 0.5) is 0 Å². The lowest BCUT2D eigenvalue weighted by Gasteiger charge is -2.31. The SMILES string of the molecule is CC(CCC(CO)C(C)CC(C)(C)C)CC(C)(C)C.CC(CCC(COC(=O)[C@H](C)CC(=O)[C@H](C)O)C(C)CC(C)(C)C)CC(C)(C)C.C[C@@H]1OC(=O)[C@H](C)OC1=O. The third-order valence-electron chi connectivity index (χ3n) is 10.8. The number of cyclic esters (lactones) is 2. The van der Waals surface area contributed by atoms with Crippen molar-refractivity contribution in [2.24, 2.45) is 63.1 Å². The summed E-state index contributed by atoms with van der Waals surface area (Å²) in [6.45, 7) is 43.5. The molecule has 0 radical (unpaired) electrons. The Bertz CT molecular complexity index is 1160. The van der Waals surface area contributed by atoms with Gasteiger partial charge in [0.25, 0.3) is 0 Å². The minimum absolute atomic E-state index is 0.0291. The molecule has 1 rings (SSSR count). The minimum Gasteiger partial charge on any atom is -0.465 e. The number of carbonyl (C=O) groups is 4. The second kappa shape index (κ2) is 26.4. The smallest absolute Gasteiger partial charge is 0.347 e. The number of hydrogen-bond acceptors (Lipinski definition) is 9. The zero-order valence-corrected chi connectivity index (χ0v) is 41.3. The standard InChI is InChI=1S/C25H48O4.C18H38O.C6H8O4/c1-17(14-24(5,6)7)11-12-21(19(3)15-25(8,9)10)16-29-23(28)18(2)13-22(27)20(4)26;1-14(11-17(3,4)5)9-10-16(13-19)15(2)12-18(6,7)8;1-3-5(7)10-4(2)6(8)9-3/h17-21,26H,11-16H2,1-10H3;14-16,19H,9-13H2,1-8H3;3-4H,1-2H3/t17?,18-,19?,20+,21?;;3-,4-/m1.0/s1. The predicted molar refractivity (Wildman–Crippen MR) is 238 cm³/mol. The van der Waals surface area contributed by atoms with Gasteiger partial charge in [-0.05, 0) is 116 Å². The fourth-order valence-electron chi connectivity index (χ4n) is 8.17. The average molecular weight is 827 g/mol. The van der Waals surface area contributed by atoms with Crippen molar-refractivity contribution in [1.29, 1.82) is 0 Å². The minimum atomic E-state index is -1.03. The molecule has 344 valence electrons. The van der Waals surface area contributed by atoms with Crippen LogP contribution in [0, 0.1) is 63.1 Å². The van der Waals surface area contributed by atoms with Crippen molar-refractivity contribution in [2.75, 3.05) is 13.2 Å². The van der Waals surface area contributed by atoms with Crippen molar-refractivity contribution in [2.45, 2.75) is 215 Å². The summed E-state index contributed by atoms with van der Waals surface area (Å²) in [5.74, 6) is 1.13. The molecular weight excluding hydrogens is 733 g/mol. The Kier molecular flexibility index (Phi) is 26.4. The van der Waals surface area contributed by atoms with Gasteiger partial charge in [-0.1, -0.05) is 131 Å². The van der Waals surface area contributed by atoms with Crippen LogP contribution in [-0.4, -0.2) is 65.4 Å². The summed E-state index contributed by atoms with van der Waals surface area (Å²) in [5.41, 5.74) is 1.34. The third kappa shape index (κ3) is 30.1. The highest BCUT2D eigenvalue weighted by atomic mass is 16.6. The van der Waals surface area contributed by atoms with Crippen molar-refractivity contribution in [3.63, 3.8) is 0 Å². The summed E-state index contributed by atoms with van der Waals surface area (Å²) < 4.78 is 14.8. The van der Waals surface area contributed by atoms with Gasteiger partial charge in [0.2, 0.25) is 0 Å². The first kappa shape index (κ1) is 58.1. The summed E-state index contributed by atoms with van der Waals surface area (Å²) in [7, 11) is 0. The molecular formula is C49H94O9. The Morgan fingerprint density at radius 3 is 1.28 bits per heavy atom. The summed E-state index contributed by atoms with van der Waals surface area (Å²) in [6, 6.07) is 0. The van der Waals surface area contributed by atoms with E-state index >= 15 is 0 Å². The van der Waals surface area contributed by atoms with Crippen LogP contribution in [0.25, 0.3) is 0 Å². The molecule has 10 atom stereocenters. The largest absolute Gasteiger partial charge is 0.465 e. The molecule has 1 saturated heterocycles. The molecule has 2 N–H and O–H groups in total. The first-order valence-electron chi connectivity index (χ1n) is 22.5. The number of hydrogen-bond donors (Lipinski definition) is 2. The molecule has 6 unspecified atom stereocenters. The van der Waals surface area contributed by atoms with E-state index in [1.165, 1.54) is 52.9 Å². The van der Waals surface area contributed by atoms with Crippen LogP contribution in [0.2, 0.25) is 0 Å². The van der Waals surface area contributed by atoms with Gasteiger partial charge in [-0.15, -0.1) is 0 Å². The summed E-state index contributed by atoms with van der Waals surface area (Å²) >= 11 is 0. The fourth-order valence-corrected chi connectivity index (χ4v) is 8.17. The molecule has 1 fully saturated rings. The van der Waals surface area contributed by atoms with Gasteiger partial charge >= 0.3 is 17.9 Å². The number of esters is 3. The van der Waals surface area contributed by atoms with Crippen LogP contribution in [0.1, 0.15) is 196 Å². The molecule has 9 heteroatoms. The van der Waals surface area contributed by atoms with E-state index in [-0.39, 0.29) is 23.6 Å². The van der Waals surface area contributed by atoms with Crippen LogP contribution in [0.15, 0.2) is 0 Å². The van der Waals surface area contributed by atoms with E-state index in [0.29, 0.717) is 59.0 Å². The zero-order valence-electron chi connectivity index (χ0n) is 41.3. The monoisotopic (exact) mass is 827 g/mol. The van der Waals surface area contributed by atoms with E-state index in [9.17, 15) is 29.4 Å². The van der Waals surface area contributed by atoms with Crippen LogP contribution < -0.4 is 0 Å². The highest BCUT2D eigenvalue weighted by Gasteiger charge is 2.32. The van der Waals surface area contributed by atoms with E-state index in [1.54, 1.807) is 6.92 Å². The number of carbonyl (C=O) groups excluding carboxylic acids is 4. The summed E-state index contributed by atoms with van der Waals surface area (Å²) in [4.78, 5) is 45.4. The van der Waals surface area contributed by atoms with Crippen molar-refractivity contribution >= 4 is 23.7 Å². The van der Waals surface area contributed by atoms with Gasteiger partial charge in [0.05, 0.1) is 12.5 Å². The quantitative estimate of drug-likeness (QED) is 0.0963. The van der Waals surface area contributed by atoms with Gasteiger partial charge in [-0.3, -0.25) is 9.59 Å². The maximum atomic E-state index is 12.4. The first-order valence-corrected chi connectivity index (χ1v) is 22.5. The van der Waals surface area contributed by atoms with Crippen LogP contribution in [0.3, 0.4) is 0 Å². The van der Waals surface area contributed by atoms with Gasteiger partial charge in [0.1, 0.15) is 6.10 Å². The summed E-state index contributed by atoms with van der Waals surface area (Å²) in [6.07, 6.45) is 6.84. The third-order valence-corrected chi connectivity index (χ3v) is 10.8. The number of ether oxygens (including phenoxy) is 3. The number of Topliss-reactive ketones (excluding diaryl/α,β-unsaturated/α-hetero) is 1. The maximum absolute atomic E-state index is 12.4. The van der Waals surface area contributed by atoms with Gasteiger partial charge in [0, 0.05) is 13.0 Å². The molecule has 1 heterocycles. The predicted octanol–water partition coefficient (Wildman–Crippen LogP) is 11.4. The van der Waals surface area contributed by atoms with E-state index in [0.717, 1.165) is 25.2 Å². The van der Waals surface area contributed by atoms with Crippen LogP contribution in [0.5, 0.6) is 0 Å². The van der Waals surface area contributed by atoms with E-state index < -0.39 is 36.2 Å². The lowest BCUT2D eigenvalue weighted by Crippen LogP contribution is -2.40. The van der Waals surface area contributed by atoms with Crippen molar-refractivity contribution in [3.8, 4) is 0 Å². The Hall–Kier alpha value is -2.00. The average Bonchev–Trinajstić information content (AvgIpc) is 3.01. The number of aliphatic hydroxyl groups is 2. The Morgan fingerprint density at radius 1 is 0.603 bits per heavy atom. The number of rotatable bonds is 19. The molecule has 0 aromatic heterocycles. The highest BCUT2D eigenvalue weighted by molar-refractivity contribution is 5.87. The van der Waals surface area contributed by atoms with Gasteiger partial charge < -0.3 is 24.4 Å². The first-order chi connectivity index (χ1) is 26.1. The normalized spacial score (nSPS) is 20.6. The zero-order chi connectivity index (χ0) is 46.0. The van der Waals surface area contributed by atoms with E-state index in [2.05, 4.69) is 120 Å². The number of aliphatic hydroxyl groups excluding tert-OH is 2. The Morgan fingerprint density at radius 2 is 0.948 bits per heavy atom. The topological polar surface area (TPSA) is 136 Å². The molecule has 0 saturated carbocycles. The second-order valence-corrected chi connectivity index (χ2v) is 23.1. The number of ketones is 1. The molecule has 1 aliphatic rings. The molecule has 0 aliphatic carbocycles. The molecule has 0 bridgehead atoms. The van der Waals surface area contributed by atoms with Crippen LogP contribution in [-0.2, 0) is 33.4 Å². The molecule has 0 aromatic rings. The lowest BCUT2D eigenvalue weighted by atomic mass is 9.76. The van der Waals surface area contributed by atoms with Gasteiger partial charge in [0.15, 0.2) is 18.0 Å². The fraction of sp³-hybridized carbons (Fsp3) is 0.918. The lowest BCUT2D eigenvalue weighted by molar-refractivity contribution is -0.191. The Labute approximate surface area is 357 Å². The van der Waals surface area contributed by atoms with Crippen molar-refractivity contribution in [1.82, 2.24) is 0 Å². The molecule has 0 aromatic carbocycles. The van der Waals surface area contributed by atoms with Gasteiger partial charge in [-0.2, -0.15) is 0 Å². The molecule has 0 amide bonds. The molecule has 1 aliphatic heterocycles. The highest BCUT2D eigenvalue weighted by Crippen LogP contribution is 2.35. The second-order valence-electron chi connectivity index (χ2n) is 23.1. The molecule has 58 heavy (non-hydrogen) atoms. The van der Waals surface area contributed by atoms with E-state index in [1.807, 2.05) is 0 Å². The maximum Gasteiger partial charge on any atom is 0.347 e. The molecule has 9 nitrogen and oxygen atoms in total. The summed E-state index contributed by atoms with van der Waals surface area (Å²) in [5, 5.41) is 19.0. The molecule has 0 spiro atoms. The van der Waals surface area contributed by atoms with Crippen molar-refractivity contribution < 1.29 is 43.6 Å². The van der Waals surface area contributed by atoms with Crippen LogP contribution >= 0.6 is 0 Å². The Balaban J connectivity index is 0. The van der Waals surface area contributed by atoms with E-state index in [4.69, 9.17) is 4.74 Å². The van der Waals surface area contributed by atoms with Crippen molar-refractivity contribution in [3.05, 3.63) is 0 Å². The van der Waals surface area contributed by atoms with Gasteiger partial charge in [-0.25, -0.2) is 9.59 Å².